The van der Waals surface area contributed by atoms with Crippen LogP contribution in [0.4, 0.5) is 0 Å². The molecule has 0 aromatic heterocycles. The third-order valence-electron chi connectivity index (χ3n) is 3.94. The molecular weight excluding hydrogens is 214 g/mol. The maximum atomic E-state index is 9.56. The van der Waals surface area contributed by atoms with Crippen LogP contribution in [0, 0.1) is 11.3 Å². The van der Waals surface area contributed by atoms with Crippen molar-refractivity contribution in [1.29, 1.82) is 0 Å². The van der Waals surface area contributed by atoms with Gasteiger partial charge in [-0.05, 0) is 43.6 Å². The molecule has 0 radical (unpaired) electrons. The molecule has 3 nitrogen and oxygen atoms in total. The van der Waals surface area contributed by atoms with Gasteiger partial charge in [0.2, 0.25) is 0 Å². The van der Waals surface area contributed by atoms with Crippen molar-refractivity contribution in [3.05, 3.63) is 0 Å². The second-order valence-electron chi connectivity index (χ2n) is 6.34. The number of aliphatic hydroxyl groups is 1. The van der Waals surface area contributed by atoms with Crippen molar-refractivity contribution >= 4 is 0 Å². The van der Waals surface area contributed by atoms with Gasteiger partial charge in [-0.25, -0.2) is 0 Å². The Morgan fingerprint density at radius 1 is 1.47 bits per heavy atom. The van der Waals surface area contributed by atoms with Gasteiger partial charge in [-0.2, -0.15) is 0 Å². The standard InChI is InChI=1S/C14H29NO2/c1-11-9-14(2,3)7-5-13(11)15-8-6-12(16)10-17-4/h11-13,15-16H,5-10H2,1-4H3. The van der Waals surface area contributed by atoms with Crippen molar-refractivity contribution in [2.45, 2.75) is 58.6 Å². The molecule has 1 aliphatic carbocycles. The fourth-order valence-electron chi connectivity index (χ4n) is 2.96. The van der Waals surface area contributed by atoms with Gasteiger partial charge in [-0.3, -0.25) is 0 Å². The smallest absolute Gasteiger partial charge is 0.0785 e. The summed E-state index contributed by atoms with van der Waals surface area (Å²) in [5, 5.41) is 13.1. The molecule has 17 heavy (non-hydrogen) atoms. The molecule has 0 aromatic carbocycles. The number of aliphatic hydroxyl groups excluding tert-OH is 1. The Balaban J connectivity index is 2.20. The molecule has 3 heteroatoms. The van der Waals surface area contributed by atoms with Gasteiger partial charge < -0.3 is 15.2 Å². The van der Waals surface area contributed by atoms with Gasteiger partial charge in [0.25, 0.3) is 0 Å². The van der Waals surface area contributed by atoms with E-state index in [-0.39, 0.29) is 6.10 Å². The van der Waals surface area contributed by atoms with Crippen LogP contribution in [-0.2, 0) is 4.74 Å². The molecule has 0 aromatic rings. The Morgan fingerprint density at radius 2 is 2.18 bits per heavy atom. The molecule has 1 rings (SSSR count). The van der Waals surface area contributed by atoms with Gasteiger partial charge in [0.15, 0.2) is 0 Å². The Kier molecular flexibility index (Phi) is 5.90. The van der Waals surface area contributed by atoms with Crippen molar-refractivity contribution in [3.63, 3.8) is 0 Å². The molecule has 1 aliphatic rings. The minimum Gasteiger partial charge on any atom is -0.391 e. The predicted octanol–water partition coefficient (Wildman–Crippen LogP) is 2.19. The lowest BCUT2D eigenvalue weighted by molar-refractivity contribution is 0.0572. The van der Waals surface area contributed by atoms with E-state index in [1.165, 1.54) is 19.3 Å². The van der Waals surface area contributed by atoms with Crippen LogP contribution in [-0.4, -0.2) is 37.5 Å². The molecule has 0 aliphatic heterocycles. The summed E-state index contributed by atoms with van der Waals surface area (Å²) in [7, 11) is 1.63. The average Bonchev–Trinajstić information content (AvgIpc) is 2.21. The first-order valence-electron chi connectivity index (χ1n) is 6.85. The zero-order valence-corrected chi connectivity index (χ0v) is 11.8. The van der Waals surface area contributed by atoms with Gasteiger partial charge in [0.1, 0.15) is 0 Å². The second-order valence-corrected chi connectivity index (χ2v) is 6.34. The first-order chi connectivity index (χ1) is 7.94. The van der Waals surface area contributed by atoms with E-state index >= 15 is 0 Å². The molecule has 2 N–H and O–H groups in total. The molecule has 0 bridgehead atoms. The third-order valence-corrected chi connectivity index (χ3v) is 3.94. The highest BCUT2D eigenvalue weighted by molar-refractivity contribution is 4.86. The minimum absolute atomic E-state index is 0.331. The van der Waals surface area contributed by atoms with E-state index in [0.717, 1.165) is 18.9 Å². The highest BCUT2D eigenvalue weighted by Crippen LogP contribution is 2.38. The fourth-order valence-corrected chi connectivity index (χ4v) is 2.96. The van der Waals surface area contributed by atoms with Crippen molar-refractivity contribution in [1.82, 2.24) is 5.32 Å². The summed E-state index contributed by atoms with van der Waals surface area (Å²) >= 11 is 0. The average molecular weight is 243 g/mol. The molecule has 0 spiro atoms. The van der Waals surface area contributed by atoms with Crippen molar-refractivity contribution in [2.75, 3.05) is 20.3 Å². The fraction of sp³-hybridized carbons (Fsp3) is 1.00. The zero-order valence-electron chi connectivity index (χ0n) is 11.8. The van der Waals surface area contributed by atoms with Gasteiger partial charge in [0.05, 0.1) is 12.7 Å². The van der Waals surface area contributed by atoms with E-state index in [4.69, 9.17) is 4.74 Å². The SMILES string of the molecule is COCC(O)CCNC1CCC(C)(C)CC1C. The van der Waals surface area contributed by atoms with E-state index in [9.17, 15) is 5.11 Å². The Hall–Kier alpha value is -0.120. The van der Waals surface area contributed by atoms with Gasteiger partial charge in [-0.1, -0.05) is 20.8 Å². The number of ether oxygens (including phenoxy) is 1. The Bertz CT molecular complexity index is 218. The molecular formula is C14H29NO2. The van der Waals surface area contributed by atoms with Crippen molar-refractivity contribution in [3.8, 4) is 0 Å². The number of rotatable bonds is 6. The second kappa shape index (κ2) is 6.72. The Morgan fingerprint density at radius 3 is 2.76 bits per heavy atom. The monoisotopic (exact) mass is 243 g/mol. The van der Waals surface area contributed by atoms with E-state index in [0.29, 0.717) is 18.1 Å². The number of nitrogens with one attached hydrogen (secondary N) is 1. The lowest BCUT2D eigenvalue weighted by Gasteiger charge is -2.39. The largest absolute Gasteiger partial charge is 0.391 e. The normalized spacial score (nSPS) is 30.2. The summed E-state index contributed by atoms with van der Waals surface area (Å²) in [6.45, 7) is 8.39. The van der Waals surface area contributed by atoms with Crippen LogP contribution >= 0.6 is 0 Å². The lowest BCUT2D eigenvalue weighted by Crippen LogP contribution is -2.42. The number of hydrogen-bond acceptors (Lipinski definition) is 3. The van der Waals surface area contributed by atoms with Gasteiger partial charge in [-0.15, -0.1) is 0 Å². The van der Waals surface area contributed by atoms with Crippen LogP contribution in [0.1, 0.15) is 46.5 Å². The summed E-state index contributed by atoms with van der Waals surface area (Å²) in [4.78, 5) is 0. The molecule has 0 saturated heterocycles. The molecule has 1 saturated carbocycles. The van der Waals surface area contributed by atoms with Gasteiger partial charge >= 0.3 is 0 Å². The van der Waals surface area contributed by atoms with Crippen molar-refractivity contribution < 1.29 is 9.84 Å². The maximum Gasteiger partial charge on any atom is 0.0785 e. The summed E-state index contributed by atoms with van der Waals surface area (Å²) in [6.07, 6.45) is 4.30. The van der Waals surface area contributed by atoms with E-state index in [1.54, 1.807) is 7.11 Å². The van der Waals surface area contributed by atoms with Crippen LogP contribution < -0.4 is 5.32 Å². The summed E-state index contributed by atoms with van der Waals surface area (Å²) < 4.78 is 4.92. The molecule has 0 amide bonds. The van der Waals surface area contributed by atoms with Crippen LogP contribution in [0.15, 0.2) is 0 Å². The lowest BCUT2D eigenvalue weighted by atomic mass is 9.70. The maximum absolute atomic E-state index is 9.56. The van der Waals surface area contributed by atoms with Crippen LogP contribution in [0.25, 0.3) is 0 Å². The predicted molar refractivity (Wildman–Crippen MR) is 71.1 cm³/mol. The van der Waals surface area contributed by atoms with Crippen LogP contribution in [0.5, 0.6) is 0 Å². The zero-order chi connectivity index (χ0) is 12.9. The van der Waals surface area contributed by atoms with Crippen molar-refractivity contribution in [2.24, 2.45) is 11.3 Å². The summed E-state index contributed by atoms with van der Waals surface area (Å²) in [5.41, 5.74) is 0.507. The first kappa shape index (κ1) is 14.9. The topological polar surface area (TPSA) is 41.5 Å². The van der Waals surface area contributed by atoms with E-state index in [1.807, 2.05) is 0 Å². The van der Waals surface area contributed by atoms with Gasteiger partial charge in [0, 0.05) is 13.2 Å². The number of methoxy groups -OCH3 is 1. The summed E-state index contributed by atoms with van der Waals surface area (Å²) in [6, 6.07) is 0.623. The van der Waals surface area contributed by atoms with Crippen LogP contribution in [0.3, 0.4) is 0 Å². The molecule has 3 unspecified atom stereocenters. The highest BCUT2D eigenvalue weighted by atomic mass is 16.5. The molecule has 3 atom stereocenters. The first-order valence-corrected chi connectivity index (χ1v) is 6.85. The quantitative estimate of drug-likeness (QED) is 0.751. The third kappa shape index (κ3) is 5.36. The molecule has 102 valence electrons. The summed E-state index contributed by atoms with van der Waals surface area (Å²) in [5.74, 6) is 0.735. The Labute approximate surface area is 106 Å². The highest BCUT2D eigenvalue weighted by Gasteiger charge is 2.31. The molecule has 1 fully saturated rings. The van der Waals surface area contributed by atoms with E-state index in [2.05, 4.69) is 26.1 Å². The minimum atomic E-state index is -0.331. The number of hydrogen-bond donors (Lipinski definition) is 2. The molecule has 0 heterocycles. The van der Waals surface area contributed by atoms with Crippen LogP contribution in [0.2, 0.25) is 0 Å². The van der Waals surface area contributed by atoms with E-state index < -0.39 is 0 Å².